The molecule has 260 valence electrons. The lowest BCUT2D eigenvalue weighted by molar-refractivity contribution is 1.20. The van der Waals surface area contributed by atoms with Crippen molar-refractivity contribution in [3.63, 3.8) is 0 Å². The van der Waals surface area contributed by atoms with Gasteiger partial charge < -0.3 is 4.57 Å². The summed E-state index contributed by atoms with van der Waals surface area (Å²) in [6, 6.07) is 71.0. The van der Waals surface area contributed by atoms with Gasteiger partial charge in [0.1, 0.15) is 0 Å². The van der Waals surface area contributed by atoms with E-state index in [2.05, 4.69) is 193 Å². The zero-order valence-corrected chi connectivity index (χ0v) is 30.8. The third kappa shape index (κ3) is 3.88. The smallest absolute Gasteiger partial charge is 0.0553 e. The minimum Gasteiger partial charge on any atom is -0.309 e. The number of fused-ring (bicyclic) bond motifs is 1. The van der Waals surface area contributed by atoms with Crippen LogP contribution in [0, 0.1) is 0 Å². The molecule has 14 aromatic rings. The van der Waals surface area contributed by atoms with E-state index in [1.54, 1.807) is 0 Å². The second kappa shape index (κ2) is 10.6. The van der Waals surface area contributed by atoms with Gasteiger partial charge in [-0.15, -0.1) is 0 Å². The molecule has 0 saturated carbocycles. The molecule has 0 unspecified atom stereocenters. The molecule has 0 amide bonds. The van der Waals surface area contributed by atoms with E-state index in [-0.39, 0.29) is 0 Å². The predicted octanol–water partition coefficient (Wildman–Crippen LogP) is 15.7. The fourth-order valence-electron chi connectivity index (χ4n) is 10.7. The van der Waals surface area contributed by atoms with Gasteiger partial charge in [-0.2, -0.15) is 0 Å². The topological polar surface area (TPSA) is 4.93 Å². The highest BCUT2D eigenvalue weighted by molar-refractivity contribution is 6.30. The summed E-state index contributed by atoms with van der Waals surface area (Å²) in [4.78, 5) is 0. The molecule has 13 aromatic carbocycles. The van der Waals surface area contributed by atoms with Gasteiger partial charge in [-0.05, 0) is 133 Å². The van der Waals surface area contributed by atoms with Gasteiger partial charge in [0.25, 0.3) is 0 Å². The van der Waals surface area contributed by atoms with Crippen molar-refractivity contribution in [2.75, 3.05) is 0 Å². The van der Waals surface area contributed by atoms with Gasteiger partial charge in [-0.25, -0.2) is 0 Å². The van der Waals surface area contributed by atoms with Crippen LogP contribution in [-0.4, -0.2) is 4.57 Å². The maximum absolute atomic E-state index is 2.56. The van der Waals surface area contributed by atoms with E-state index in [1.807, 2.05) is 0 Å². The van der Waals surface area contributed by atoms with Crippen molar-refractivity contribution in [3.05, 3.63) is 188 Å². The summed E-state index contributed by atoms with van der Waals surface area (Å²) < 4.78 is 2.56. The third-order valence-electron chi connectivity index (χ3n) is 13.2. The summed E-state index contributed by atoms with van der Waals surface area (Å²) in [6.45, 7) is 0. The van der Waals surface area contributed by atoms with E-state index in [9.17, 15) is 0 Å². The highest BCUT2D eigenvalue weighted by Gasteiger charge is 2.22. The lowest BCUT2D eigenvalue weighted by atomic mass is 9.88. The summed E-state index contributed by atoms with van der Waals surface area (Å²) in [6.07, 6.45) is 0. The largest absolute Gasteiger partial charge is 0.309 e. The van der Waals surface area contributed by atoms with Crippen LogP contribution < -0.4 is 0 Å². The minimum absolute atomic E-state index is 1.20. The highest BCUT2D eigenvalue weighted by atomic mass is 15.0. The number of benzene rings is 13. The Labute approximate surface area is 327 Å². The lowest BCUT2D eigenvalue weighted by Gasteiger charge is -2.16. The molecule has 1 heteroatoms. The first-order valence-corrected chi connectivity index (χ1v) is 19.9. The lowest BCUT2D eigenvalue weighted by Crippen LogP contribution is -1.96. The zero-order chi connectivity index (χ0) is 36.9. The van der Waals surface area contributed by atoms with E-state index in [1.165, 1.54) is 136 Å². The van der Waals surface area contributed by atoms with Crippen molar-refractivity contribution in [1.29, 1.82) is 0 Å². The molecule has 1 nitrogen and oxygen atoms in total. The number of aromatic nitrogens is 1. The van der Waals surface area contributed by atoms with Crippen molar-refractivity contribution < 1.29 is 0 Å². The van der Waals surface area contributed by atoms with Gasteiger partial charge in [0, 0.05) is 16.2 Å². The van der Waals surface area contributed by atoms with Crippen molar-refractivity contribution in [3.8, 4) is 27.9 Å². The summed E-state index contributed by atoms with van der Waals surface area (Å²) in [7, 11) is 0. The Morgan fingerprint density at radius 1 is 0.246 bits per heavy atom. The number of hydrogen-bond acceptors (Lipinski definition) is 0. The Kier molecular flexibility index (Phi) is 5.56. The second-order valence-electron chi connectivity index (χ2n) is 16.0. The Bertz CT molecular complexity index is 3720. The Balaban J connectivity index is 1.10. The van der Waals surface area contributed by atoms with Gasteiger partial charge in [-0.1, -0.05) is 158 Å². The molecular formula is C56H31N. The first kappa shape index (κ1) is 29.8. The Morgan fingerprint density at radius 3 is 1.19 bits per heavy atom. The van der Waals surface area contributed by atoms with Crippen LogP contribution in [0.4, 0.5) is 0 Å². The molecule has 0 aliphatic heterocycles. The van der Waals surface area contributed by atoms with E-state index >= 15 is 0 Å². The third-order valence-corrected chi connectivity index (χ3v) is 13.2. The standard InChI is InChI=1S/C56H31N/c1-2-12-45-32(6-1)7-5-13-48(45)57-49-30-41(43-24-20-37-16-14-33-8-3-10-35-22-26-46(43)53(37)51(33)35)28-39-18-19-40-29-42(31-50(57)56(40)55(39)49)44-25-21-38-17-15-34-9-4-11-36-23-27-47(44)54(38)52(34)36/h1-31H. The maximum atomic E-state index is 2.56. The Morgan fingerprint density at radius 2 is 0.649 bits per heavy atom. The minimum atomic E-state index is 1.20. The second-order valence-corrected chi connectivity index (χ2v) is 16.0. The molecule has 0 spiro atoms. The summed E-state index contributed by atoms with van der Waals surface area (Å²) >= 11 is 0. The summed E-state index contributed by atoms with van der Waals surface area (Å²) in [5.74, 6) is 0. The molecule has 1 heterocycles. The predicted molar refractivity (Wildman–Crippen MR) is 245 cm³/mol. The van der Waals surface area contributed by atoms with Gasteiger partial charge in [0.05, 0.1) is 16.7 Å². The molecule has 0 N–H and O–H groups in total. The number of rotatable bonds is 3. The fourth-order valence-corrected chi connectivity index (χ4v) is 10.7. The van der Waals surface area contributed by atoms with Crippen LogP contribution in [0.2, 0.25) is 0 Å². The molecule has 0 radical (unpaired) electrons. The van der Waals surface area contributed by atoms with Crippen LogP contribution in [0.25, 0.3) is 136 Å². The van der Waals surface area contributed by atoms with Crippen LogP contribution in [0.5, 0.6) is 0 Å². The van der Waals surface area contributed by atoms with Crippen LogP contribution in [0.1, 0.15) is 0 Å². The van der Waals surface area contributed by atoms with E-state index in [4.69, 9.17) is 0 Å². The average molecular weight is 718 g/mol. The van der Waals surface area contributed by atoms with Gasteiger partial charge in [0.15, 0.2) is 0 Å². The summed E-state index contributed by atoms with van der Waals surface area (Å²) in [5, 5.41) is 23.4. The van der Waals surface area contributed by atoms with Gasteiger partial charge in [-0.3, -0.25) is 0 Å². The highest BCUT2D eigenvalue weighted by Crippen LogP contribution is 2.47. The normalized spacial score (nSPS) is 12.6. The van der Waals surface area contributed by atoms with Crippen LogP contribution in [0.3, 0.4) is 0 Å². The molecule has 0 atom stereocenters. The van der Waals surface area contributed by atoms with E-state index < -0.39 is 0 Å². The van der Waals surface area contributed by atoms with Crippen LogP contribution >= 0.6 is 0 Å². The maximum Gasteiger partial charge on any atom is 0.0553 e. The fraction of sp³-hybridized carbons (Fsp3) is 0. The van der Waals surface area contributed by atoms with Crippen molar-refractivity contribution in [2.24, 2.45) is 0 Å². The quantitative estimate of drug-likeness (QED) is 0.160. The first-order chi connectivity index (χ1) is 28.2. The average Bonchev–Trinajstić information content (AvgIpc) is 3.60. The molecule has 1 aromatic heterocycles. The molecular weight excluding hydrogens is 687 g/mol. The van der Waals surface area contributed by atoms with Gasteiger partial charge in [0.2, 0.25) is 0 Å². The first-order valence-electron chi connectivity index (χ1n) is 19.9. The molecule has 0 saturated heterocycles. The summed E-state index contributed by atoms with van der Waals surface area (Å²) in [5.41, 5.74) is 8.67. The molecule has 0 bridgehead atoms. The van der Waals surface area contributed by atoms with Crippen molar-refractivity contribution in [1.82, 2.24) is 4.57 Å². The number of nitrogens with zero attached hydrogens (tertiary/aromatic N) is 1. The SMILES string of the molecule is c1ccc2c(-n3c4cc(-c5ccc6ccc7cccc8ccc5c6c78)cc5ccc6cc(-c7ccc8ccc9cccc%10ccc7c8c9%10)cc3c6c54)cccc2c1. The molecule has 14 rings (SSSR count). The Hall–Kier alpha value is -7.48. The molecule has 0 fully saturated rings. The van der Waals surface area contributed by atoms with E-state index in [0.717, 1.165) is 0 Å². The molecule has 0 aliphatic carbocycles. The van der Waals surface area contributed by atoms with Crippen LogP contribution in [-0.2, 0) is 0 Å². The van der Waals surface area contributed by atoms with Gasteiger partial charge >= 0.3 is 0 Å². The zero-order valence-electron chi connectivity index (χ0n) is 30.8. The molecule has 0 aliphatic rings. The van der Waals surface area contributed by atoms with Crippen LogP contribution in [0.15, 0.2) is 188 Å². The van der Waals surface area contributed by atoms with E-state index in [0.29, 0.717) is 0 Å². The number of hydrogen-bond donors (Lipinski definition) is 0. The van der Waals surface area contributed by atoms with Crippen molar-refractivity contribution >= 4 is 108 Å². The van der Waals surface area contributed by atoms with Crippen molar-refractivity contribution in [2.45, 2.75) is 0 Å². The monoisotopic (exact) mass is 717 g/mol. The molecule has 57 heavy (non-hydrogen) atoms.